The molecule has 1 aliphatic carbocycles. The van der Waals surface area contributed by atoms with Gasteiger partial charge in [-0.05, 0) is 37.2 Å². The van der Waals surface area contributed by atoms with Crippen LogP contribution in [0.15, 0.2) is 51.9 Å². The fourth-order valence-electron chi connectivity index (χ4n) is 6.50. The van der Waals surface area contributed by atoms with Crippen LogP contribution in [0.4, 0.5) is 15.7 Å². The van der Waals surface area contributed by atoms with E-state index in [1.807, 2.05) is 4.90 Å². The first-order chi connectivity index (χ1) is 17.5. The van der Waals surface area contributed by atoms with Crippen LogP contribution in [0.2, 0.25) is 0 Å². The van der Waals surface area contributed by atoms with Crippen molar-refractivity contribution in [1.82, 2.24) is 0 Å². The number of nitrogens with zero attached hydrogens (tertiary/aromatic N) is 5. The molecule has 1 aromatic heterocycles. The van der Waals surface area contributed by atoms with Gasteiger partial charge in [-0.25, -0.2) is 4.99 Å². The first-order valence-corrected chi connectivity index (χ1v) is 13.0. The molecule has 0 radical (unpaired) electrons. The van der Waals surface area contributed by atoms with Crippen LogP contribution in [-0.4, -0.2) is 29.6 Å². The molecule has 8 rings (SSSR count). The van der Waals surface area contributed by atoms with Crippen molar-refractivity contribution in [2.75, 3.05) is 22.9 Å². The number of fused-ring (bicyclic) bond motifs is 6. The van der Waals surface area contributed by atoms with E-state index in [4.69, 9.17) is 10.7 Å². The van der Waals surface area contributed by atoms with E-state index in [9.17, 15) is 20.2 Å². The van der Waals surface area contributed by atoms with E-state index < -0.39 is 10.8 Å². The van der Waals surface area contributed by atoms with Gasteiger partial charge in [0.25, 0.3) is 5.69 Å². The van der Waals surface area contributed by atoms with Gasteiger partial charge in [-0.2, -0.15) is 5.26 Å². The number of piperidine rings is 1. The molecular formula is C26H22N6O3S. The second kappa shape index (κ2) is 7.51. The van der Waals surface area contributed by atoms with Gasteiger partial charge in [0.05, 0.1) is 33.0 Å². The fourth-order valence-corrected chi connectivity index (χ4v) is 7.98. The Kier molecular flexibility index (Phi) is 4.45. The third kappa shape index (κ3) is 2.74. The van der Waals surface area contributed by atoms with E-state index in [1.165, 1.54) is 22.7 Å². The molecule has 36 heavy (non-hydrogen) atoms. The average Bonchev–Trinajstić information content (AvgIpc) is 3.32. The van der Waals surface area contributed by atoms with Gasteiger partial charge in [0, 0.05) is 48.5 Å². The molecule has 9 nitrogen and oxygen atoms in total. The summed E-state index contributed by atoms with van der Waals surface area (Å²) >= 11 is 1.68. The number of nitro benzene ring substituents is 1. The van der Waals surface area contributed by atoms with Crippen LogP contribution in [0, 0.1) is 21.4 Å². The number of anilines is 2. The van der Waals surface area contributed by atoms with Crippen molar-refractivity contribution < 1.29 is 9.72 Å². The largest absolute Gasteiger partial charge is 0.383 e. The Morgan fingerprint density at radius 2 is 2.03 bits per heavy atom. The standard InChI is InChI=1S/C26H22N6O3S/c27-12-16-19(14-3-1-4-15(11-14)32(34)35)21-17(5-2-6-18(21)33)31-24(16)29-23(28)22-20-13-7-9-30(10-8-13)25(20)36-26(22)31/h1,3-4,11,13,19H,2,5-10H2,(H2,28,29). The number of ketones is 1. The average molecular weight is 499 g/mol. The smallest absolute Gasteiger partial charge is 0.269 e. The van der Waals surface area contributed by atoms with Crippen molar-refractivity contribution in [1.29, 1.82) is 5.26 Å². The Hall–Kier alpha value is -3.97. The van der Waals surface area contributed by atoms with Crippen LogP contribution < -0.4 is 15.5 Å². The number of carbonyl (C=O) groups is 1. The molecule has 180 valence electrons. The van der Waals surface area contributed by atoms with Crippen LogP contribution in [-0.2, 0) is 4.79 Å². The molecule has 0 saturated carbocycles. The highest BCUT2D eigenvalue weighted by Gasteiger charge is 2.46. The lowest BCUT2D eigenvalue weighted by molar-refractivity contribution is -0.384. The Morgan fingerprint density at radius 1 is 1.22 bits per heavy atom. The van der Waals surface area contributed by atoms with Crippen molar-refractivity contribution >= 4 is 38.6 Å². The summed E-state index contributed by atoms with van der Waals surface area (Å²) in [6.45, 7) is 2.06. The maximum atomic E-state index is 13.4. The number of hydrogen-bond acceptors (Lipinski definition) is 9. The zero-order chi connectivity index (χ0) is 24.7. The number of benzene rings is 1. The number of nitriles is 1. The van der Waals surface area contributed by atoms with Crippen molar-refractivity contribution in [2.45, 2.75) is 43.9 Å². The van der Waals surface area contributed by atoms with Crippen LogP contribution >= 0.6 is 11.3 Å². The number of thiophene rings is 1. The predicted molar refractivity (Wildman–Crippen MR) is 136 cm³/mol. The molecule has 0 spiro atoms. The van der Waals surface area contributed by atoms with Gasteiger partial charge in [-0.1, -0.05) is 23.5 Å². The number of hydrogen-bond donors (Lipinski definition) is 1. The van der Waals surface area contributed by atoms with Gasteiger partial charge in [0.15, 0.2) is 11.6 Å². The monoisotopic (exact) mass is 498 g/mol. The highest BCUT2D eigenvalue weighted by Crippen LogP contribution is 2.57. The van der Waals surface area contributed by atoms with E-state index in [2.05, 4.69) is 11.0 Å². The molecule has 2 aromatic rings. The topological polar surface area (TPSA) is 129 Å². The maximum Gasteiger partial charge on any atom is 0.269 e. The summed E-state index contributed by atoms with van der Waals surface area (Å²) in [7, 11) is 0. The second-order valence-electron chi connectivity index (χ2n) is 9.87. The summed E-state index contributed by atoms with van der Waals surface area (Å²) in [6, 6.07) is 8.53. The molecule has 1 saturated heterocycles. The number of rotatable bonds is 2. The third-order valence-corrected chi connectivity index (χ3v) is 9.30. The molecule has 1 aromatic carbocycles. The number of allylic oxidation sites excluding steroid dienone is 3. The molecule has 1 unspecified atom stereocenters. The summed E-state index contributed by atoms with van der Waals surface area (Å²) in [4.78, 5) is 33.7. The minimum atomic E-state index is -0.712. The minimum absolute atomic E-state index is 0.0197. The second-order valence-corrected chi connectivity index (χ2v) is 10.8. The van der Waals surface area contributed by atoms with Gasteiger partial charge in [0.2, 0.25) is 0 Å². The summed E-state index contributed by atoms with van der Waals surface area (Å²) in [5, 5.41) is 24.1. The molecule has 1 fully saturated rings. The minimum Gasteiger partial charge on any atom is -0.383 e. The summed E-state index contributed by atoms with van der Waals surface area (Å²) in [5.74, 6) is 0.557. The molecule has 6 aliphatic rings. The van der Waals surface area contributed by atoms with E-state index in [0.29, 0.717) is 53.5 Å². The zero-order valence-corrected chi connectivity index (χ0v) is 20.2. The first-order valence-electron chi connectivity index (χ1n) is 12.2. The molecule has 0 amide bonds. The number of carbonyl (C=O) groups excluding carboxylic acids is 1. The summed E-state index contributed by atoms with van der Waals surface area (Å²) in [6.07, 6.45) is 3.95. The number of Topliss-reactive ketones (excluding diaryl/α,β-unsaturated/α-hetero) is 1. The summed E-state index contributed by atoms with van der Waals surface area (Å²) in [5.41, 5.74) is 11.0. The molecule has 5 aliphatic heterocycles. The number of non-ortho nitro benzene ring substituents is 1. The van der Waals surface area contributed by atoms with Gasteiger partial charge in [-0.3, -0.25) is 19.8 Å². The SMILES string of the molecule is N#CC1=C2N=C(N)c3c(sc4c3C3CCN4CC3)N2C2=C(C(=O)CCC2)C1c1cccc([N+](=O)[O-])c1. The van der Waals surface area contributed by atoms with Crippen molar-refractivity contribution in [3.05, 3.63) is 73.7 Å². The molecule has 2 bridgehead atoms. The number of nitro groups is 1. The Morgan fingerprint density at radius 3 is 2.78 bits per heavy atom. The van der Waals surface area contributed by atoms with Crippen molar-refractivity contribution in [3.8, 4) is 6.07 Å². The van der Waals surface area contributed by atoms with Gasteiger partial charge >= 0.3 is 0 Å². The molecule has 10 heteroatoms. The molecular weight excluding hydrogens is 476 g/mol. The predicted octanol–water partition coefficient (Wildman–Crippen LogP) is 4.42. The molecule has 6 heterocycles. The lowest BCUT2D eigenvalue weighted by Gasteiger charge is -2.41. The van der Waals surface area contributed by atoms with Crippen LogP contribution in [0.25, 0.3) is 0 Å². The third-order valence-electron chi connectivity index (χ3n) is 8.05. The lowest BCUT2D eigenvalue weighted by Crippen LogP contribution is -2.40. The van der Waals surface area contributed by atoms with Crippen molar-refractivity contribution in [3.63, 3.8) is 0 Å². The van der Waals surface area contributed by atoms with E-state index in [1.54, 1.807) is 23.5 Å². The van der Waals surface area contributed by atoms with Crippen LogP contribution in [0.5, 0.6) is 0 Å². The number of aliphatic imine (C=N–C) groups is 1. The van der Waals surface area contributed by atoms with E-state index in [-0.39, 0.29) is 11.5 Å². The highest BCUT2D eigenvalue weighted by atomic mass is 32.1. The fraction of sp³-hybridized carbons (Fsp3) is 0.346. The summed E-state index contributed by atoms with van der Waals surface area (Å²) < 4.78 is 0. The first kappa shape index (κ1) is 21.3. The Balaban J connectivity index is 1.50. The van der Waals surface area contributed by atoms with Gasteiger partial charge < -0.3 is 10.6 Å². The number of nitrogens with two attached hydrogens (primary N) is 1. The maximum absolute atomic E-state index is 13.4. The van der Waals surface area contributed by atoms with Crippen molar-refractivity contribution in [2.24, 2.45) is 10.7 Å². The van der Waals surface area contributed by atoms with Gasteiger partial charge in [0.1, 0.15) is 10.8 Å². The van der Waals surface area contributed by atoms with E-state index in [0.717, 1.165) is 42.2 Å². The molecule has 2 N–H and O–H groups in total. The van der Waals surface area contributed by atoms with Gasteiger partial charge in [-0.15, -0.1) is 0 Å². The Bertz CT molecular complexity index is 1520. The Labute approximate surface area is 211 Å². The lowest BCUT2D eigenvalue weighted by atomic mass is 9.75. The number of amidine groups is 1. The zero-order valence-electron chi connectivity index (χ0n) is 19.4. The quantitative estimate of drug-likeness (QED) is 0.479. The highest BCUT2D eigenvalue weighted by molar-refractivity contribution is 7.21. The normalized spacial score (nSPS) is 22.6. The van der Waals surface area contributed by atoms with Crippen LogP contribution in [0.1, 0.15) is 60.6 Å². The van der Waals surface area contributed by atoms with E-state index >= 15 is 0 Å². The molecule has 1 atom stereocenters. The van der Waals surface area contributed by atoms with Crippen LogP contribution in [0.3, 0.4) is 0 Å².